The molecule has 1 aromatic heterocycles. The van der Waals surface area contributed by atoms with Crippen molar-refractivity contribution in [3.8, 4) is 0 Å². The Morgan fingerprint density at radius 2 is 2.20 bits per heavy atom. The minimum absolute atomic E-state index is 0.152. The summed E-state index contributed by atoms with van der Waals surface area (Å²) in [7, 11) is 0. The molecule has 3 N–H and O–H groups in total. The van der Waals surface area contributed by atoms with E-state index < -0.39 is 36.8 Å². The number of aromatic nitrogens is 2. The van der Waals surface area contributed by atoms with Crippen molar-refractivity contribution in [1.29, 1.82) is 0 Å². The quantitative estimate of drug-likeness (QED) is 0.334. The highest BCUT2D eigenvalue weighted by molar-refractivity contribution is 5.01. The zero-order valence-electron chi connectivity index (χ0n) is 10.8. The van der Waals surface area contributed by atoms with Crippen molar-refractivity contribution in [2.45, 2.75) is 19.3 Å². The Kier molecular flexibility index (Phi) is 5.94. The molecule has 0 aliphatic rings. The Morgan fingerprint density at radius 1 is 1.50 bits per heavy atom. The van der Waals surface area contributed by atoms with Gasteiger partial charge in [-0.15, -0.1) is 0 Å². The van der Waals surface area contributed by atoms with E-state index in [0.29, 0.717) is 0 Å². The molecule has 0 aromatic carbocycles. The summed E-state index contributed by atoms with van der Waals surface area (Å²) in [6, 6.07) is 0. The van der Waals surface area contributed by atoms with Crippen LogP contribution in [0.5, 0.6) is 0 Å². The highest BCUT2D eigenvalue weighted by Gasteiger charge is 2.18. The Labute approximate surface area is 112 Å². The zero-order valence-corrected chi connectivity index (χ0v) is 10.8. The van der Waals surface area contributed by atoms with Crippen LogP contribution < -0.4 is 11.2 Å². The van der Waals surface area contributed by atoms with Crippen molar-refractivity contribution in [3.63, 3.8) is 0 Å². The normalized spacial score (nSPS) is 13.6. The average molecular weight is 285 g/mol. The van der Waals surface area contributed by atoms with E-state index in [0.717, 1.165) is 4.57 Å². The van der Waals surface area contributed by atoms with Crippen LogP contribution in [0.2, 0.25) is 0 Å². The molecule has 10 nitrogen and oxygen atoms in total. The summed E-state index contributed by atoms with van der Waals surface area (Å²) in [6.07, 6.45) is -0.740. The van der Waals surface area contributed by atoms with Gasteiger partial charge >= 0.3 is 5.69 Å². The van der Waals surface area contributed by atoms with Gasteiger partial charge in [0.2, 0.25) is 0 Å². The minimum Gasteiger partial charge on any atom is -0.394 e. The molecular weight excluding hydrogens is 270 g/mol. The zero-order chi connectivity index (χ0) is 15.1. The first kappa shape index (κ1) is 15.9. The van der Waals surface area contributed by atoms with Gasteiger partial charge in [0.25, 0.3) is 5.56 Å². The first-order valence-corrected chi connectivity index (χ1v) is 5.73. The van der Waals surface area contributed by atoms with Gasteiger partial charge in [-0.25, -0.2) is 4.79 Å². The van der Waals surface area contributed by atoms with Crippen LogP contribution in [0.15, 0.2) is 20.9 Å². The van der Waals surface area contributed by atoms with Crippen LogP contribution in [-0.2, 0) is 4.74 Å². The number of aliphatic hydroxyl groups excluding tert-OH is 2. The molecule has 0 aliphatic carbocycles. The van der Waals surface area contributed by atoms with Gasteiger partial charge in [-0.1, -0.05) is 5.11 Å². The average Bonchev–Trinajstić information content (AvgIpc) is 2.44. The summed E-state index contributed by atoms with van der Waals surface area (Å²) in [6.45, 7) is 0.331. The standard InChI is InChI=1S/C10H15N5O5/c1-6-3-15(10(19)13-9(6)18)8(5-17)20-7(4-16)2-12-14-11/h3,7-8,16-17H,2,4-5H2,1H3,(H,13,18,19)/t7-,8+/m0/s1. The van der Waals surface area contributed by atoms with Gasteiger partial charge < -0.3 is 14.9 Å². The molecule has 2 atom stereocenters. The number of azide groups is 1. The van der Waals surface area contributed by atoms with E-state index in [1.165, 1.54) is 13.1 Å². The smallest absolute Gasteiger partial charge is 0.330 e. The van der Waals surface area contributed by atoms with Crippen molar-refractivity contribution in [2.75, 3.05) is 19.8 Å². The lowest BCUT2D eigenvalue weighted by Gasteiger charge is -2.22. The predicted molar refractivity (Wildman–Crippen MR) is 68.2 cm³/mol. The number of H-pyrrole nitrogens is 1. The van der Waals surface area contributed by atoms with Crippen molar-refractivity contribution in [1.82, 2.24) is 9.55 Å². The van der Waals surface area contributed by atoms with Crippen LogP contribution in [0.4, 0.5) is 0 Å². The first-order chi connectivity index (χ1) is 9.53. The van der Waals surface area contributed by atoms with Crippen molar-refractivity contribution >= 4 is 0 Å². The largest absolute Gasteiger partial charge is 0.394 e. The number of nitrogens with one attached hydrogen (secondary N) is 1. The summed E-state index contributed by atoms with van der Waals surface area (Å²) >= 11 is 0. The molecular formula is C10H15N5O5. The molecule has 0 aliphatic heterocycles. The second-order valence-corrected chi connectivity index (χ2v) is 3.97. The summed E-state index contributed by atoms with van der Waals surface area (Å²) in [5, 5.41) is 21.6. The number of ether oxygens (including phenoxy) is 1. The molecule has 0 radical (unpaired) electrons. The molecule has 0 unspecified atom stereocenters. The molecule has 1 rings (SSSR count). The molecule has 0 amide bonds. The molecule has 0 spiro atoms. The third-order valence-electron chi connectivity index (χ3n) is 2.51. The van der Waals surface area contributed by atoms with Gasteiger partial charge in [-0.3, -0.25) is 14.3 Å². The molecule has 110 valence electrons. The van der Waals surface area contributed by atoms with Gasteiger partial charge in [-0.2, -0.15) is 0 Å². The van der Waals surface area contributed by atoms with E-state index in [4.69, 9.17) is 15.4 Å². The van der Waals surface area contributed by atoms with E-state index in [1.54, 1.807) is 0 Å². The summed E-state index contributed by atoms with van der Waals surface area (Å²) in [4.78, 5) is 27.5. The van der Waals surface area contributed by atoms with Gasteiger partial charge in [0.05, 0.1) is 25.9 Å². The Hall–Kier alpha value is -2.13. The first-order valence-electron chi connectivity index (χ1n) is 5.73. The molecule has 0 saturated heterocycles. The van der Waals surface area contributed by atoms with Crippen LogP contribution in [0.3, 0.4) is 0 Å². The molecule has 20 heavy (non-hydrogen) atoms. The summed E-state index contributed by atoms with van der Waals surface area (Å²) in [5.41, 5.74) is 7.19. The van der Waals surface area contributed by atoms with E-state index >= 15 is 0 Å². The Balaban J connectivity index is 3.01. The molecule has 0 bridgehead atoms. The van der Waals surface area contributed by atoms with Crippen molar-refractivity contribution in [3.05, 3.63) is 43.0 Å². The number of aryl methyl sites for hydroxylation is 1. The van der Waals surface area contributed by atoms with E-state index in [9.17, 15) is 14.7 Å². The second kappa shape index (κ2) is 7.46. The van der Waals surface area contributed by atoms with Gasteiger partial charge in [0.1, 0.15) is 0 Å². The van der Waals surface area contributed by atoms with Gasteiger partial charge in [0.15, 0.2) is 6.23 Å². The third-order valence-corrected chi connectivity index (χ3v) is 2.51. The predicted octanol–water partition coefficient (Wildman–Crippen LogP) is -0.976. The van der Waals surface area contributed by atoms with Crippen LogP contribution in [-0.4, -0.2) is 45.6 Å². The van der Waals surface area contributed by atoms with E-state index in [2.05, 4.69) is 15.0 Å². The Morgan fingerprint density at radius 3 is 2.75 bits per heavy atom. The number of rotatable bonds is 7. The number of nitrogens with zero attached hydrogens (tertiary/aromatic N) is 4. The molecule has 1 aromatic rings. The lowest BCUT2D eigenvalue weighted by atomic mass is 10.3. The lowest BCUT2D eigenvalue weighted by Crippen LogP contribution is -2.38. The van der Waals surface area contributed by atoms with Crippen LogP contribution in [0.25, 0.3) is 10.4 Å². The third kappa shape index (κ3) is 3.93. The SMILES string of the molecule is Cc1cn([C@@H](CO)O[C@H](CO)CN=[N+]=[N-])c(=O)[nH]c1=O. The van der Waals surface area contributed by atoms with E-state index in [1.807, 2.05) is 0 Å². The summed E-state index contributed by atoms with van der Waals surface area (Å²) < 4.78 is 6.28. The fourth-order valence-corrected chi connectivity index (χ4v) is 1.49. The Bertz CT molecular complexity index is 603. The van der Waals surface area contributed by atoms with Crippen LogP contribution in [0, 0.1) is 6.92 Å². The number of hydrogen-bond acceptors (Lipinski definition) is 6. The van der Waals surface area contributed by atoms with Crippen molar-refractivity contribution in [2.24, 2.45) is 5.11 Å². The maximum Gasteiger partial charge on any atom is 0.330 e. The van der Waals surface area contributed by atoms with Crippen LogP contribution in [0.1, 0.15) is 11.8 Å². The highest BCUT2D eigenvalue weighted by atomic mass is 16.5. The molecule has 1 heterocycles. The van der Waals surface area contributed by atoms with Crippen molar-refractivity contribution < 1.29 is 14.9 Å². The number of hydrogen-bond donors (Lipinski definition) is 3. The fourth-order valence-electron chi connectivity index (χ4n) is 1.49. The van der Waals surface area contributed by atoms with Crippen LogP contribution >= 0.6 is 0 Å². The molecule has 10 heteroatoms. The fraction of sp³-hybridized carbons (Fsp3) is 0.600. The summed E-state index contributed by atoms with van der Waals surface area (Å²) in [5.74, 6) is 0. The number of aliphatic hydroxyl groups is 2. The van der Waals surface area contributed by atoms with Gasteiger partial charge in [-0.05, 0) is 12.5 Å². The van der Waals surface area contributed by atoms with E-state index in [-0.39, 0.29) is 12.1 Å². The maximum absolute atomic E-state index is 11.6. The maximum atomic E-state index is 11.6. The highest BCUT2D eigenvalue weighted by Crippen LogP contribution is 2.09. The minimum atomic E-state index is -1.11. The topological polar surface area (TPSA) is 153 Å². The molecule has 0 fully saturated rings. The van der Waals surface area contributed by atoms with Gasteiger partial charge in [0, 0.05) is 16.7 Å². The number of aromatic amines is 1. The second-order valence-electron chi connectivity index (χ2n) is 3.97. The monoisotopic (exact) mass is 285 g/mol. The lowest BCUT2D eigenvalue weighted by molar-refractivity contribution is -0.0942. The molecule has 0 saturated carbocycles.